The third-order valence-electron chi connectivity index (χ3n) is 4.42. The topological polar surface area (TPSA) is 75.4 Å². The van der Waals surface area contributed by atoms with Gasteiger partial charge in [-0.25, -0.2) is 4.98 Å². The average molecular weight is 392 g/mol. The molecule has 2 atom stereocenters. The van der Waals surface area contributed by atoms with Crippen LogP contribution in [0.25, 0.3) is 5.69 Å². The highest BCUT2D eigenvalue weighted by Gasteiger charge is 2.33. The molecule has 0 bridgehead atoms. The van der Waals surface area contributed by atoms with Crippen LogP contribution in [-0.4, -0.2) is 44.0 Å². The van der Waals surface area contributed by atoms with Gasteiger partial charge < -0.3 is 14.6 Å². The van der Waals surface area contributed by atoms with Crippen molar-refractivity contribution in [1.82, 2.24) is 14.5 Å². The first-order valence-corrected chi connectivity index (χ1v) is 8.58. The molecule has 6 nitrogen and oxygen atoms in total. The number of aliphatic carboxylic acids is 1. The zero-order chi connectivity index (χ0) is 17.3. The maximum atomic E-state index is 12.7. The molecule has 126 valence electrons. The molecule has 2 unspecified atom stereocenters. The van der Waals surface area contributed by atoms with E-state index < -0.39 is 11.9 Å². The number of imidazole rings is 1. The van der Waals surface area contributed by atoms with Gasteiger partial charge in [0.15, 0.2) is 0 Å². The highest BCUT2D eigenvalue weighted by atomic mass is 79.9. The molecule has 1 aliphatic heterocycles. The third-order valence-corrected chi connectivity index (χ3v) is 4.95. The van der Waals surface area contributed by atoms with Crippen LogP contribution in [0.15, 0.2) is 41.3 Å². The van der Waals surface area contributed by atoms with Crippen LogP contribution < -0.4 is 0 Å². The largest absolute Gasteiger partial charge is 0.481 e. The molecule has 1 aliphatic rings. The molecule has 1 aromatic carbocycles. The van der Waals surface area contributed by atoms with E-state index in [0.29, 0.717) is 18.5 Å². The number of carboxylic acids is 1. The predicted octanol–water partition coefficient (Wildman–Crippen LogP) is 2.96. The van der Waals surface area contributed by atoms with Gasteiger partial charge in [-0.3, -0.25) is 9.59 Å². The van der Waals surface area contributed by atoms with E-state index in [1.165, 1.54) is 0 Å². The predicted molar refractivity (Wildman–Crippen MR) is 92.1 cm³/mol. The van der Waals surface area contributed by atoms with Crippen molar-refractivity contribution in [2.45, 2.75) is 25.8 Å². The van der Waals surface area contributed by atoms with E-state index >= 15 is 0 Å². The minimum Gasteiger partial charge on any atom is -0.481 e. The number of benzene rings is 1. The normalized spacial score (nSPS) is 20.8. The molecule has 0 spiro atoms. The van der Waals surface area contributed by atoms with Crippen LogP contribution in [0.3, 0.4) is 0 Å². The molecule has 0 radical (unpaired) electrons. The summed E-state index contributed by atoms with van der Waals surface area (Å²) in [5, 5.41) is 9.21. The first-order chi connectivity index (χ1) is 11.5. The molecule has 0 saturated carbocycles. The van der Waals surface area contributed by atoms with Crippen molar-refractivity contribution in [3.8, 4) is 5.69 Å². The fourth-order valence-corrected chi connectivity index (χ4v) is 3.19. The van der Waals surface area contributed by atoms with Crippen molar-refractivity contribution in [3.05, 3.63) is 47.0 Å². The smallest absolute Gasteiger partial charge is 0.308 e. The molecule has 1 N–H and O–H groups in total. The van der Waals surface area contributed by atoms with Crippen LogP contribution in [0, 0.1) is 5.92 Å². The number of carbonyl (C=O) groups is 2. The van der Waals surface area contributed by atoms with Crippen molar-refractivity contribution >= 4 is 27.8 Å². The standard InChI is InChI=1S/C17H18BrN3O3/c1-11-2-3-12(17(23)24)8-21(11)16(22)15-9-20(10-19-15)14-6-4-13(18)5-7-14/h4-7,9-12H,2-3,8H2,1H3,(H,23,24). The Labute approximate surface area is 148 Å². The third kappa shape index (κ3) is 3.36. The number of nitrogens with zero attached hydrogens (tertiary/aromatic N) is 3. The van der Waals surface area contributed by atoms with Gasteiger partial charge in [0.25, 0.3) is 5.91 Å². The summed E-state index contributed by atoms with van der Waals surface area (Å²) in [4.78, 5) is 29.8. The van der Waals surface area contributed by atoms with Gasteiger partial charge in [0.05, 0.1) is 5.92 Å². The van der Waals surface area contributed by atoms with Crippen LogP contribution in [-0.2, 0) is 4.79 Å². The molecule has 7 heteroatoms. The number of hydrogen-bond acceptors (Lipinski definition) is 3. The fourth-order valence-electron chi connectivity index (χ4n) is 2.93. The van der Waals surface area contributed by atoms with Crippen LogP contribution >= 0.6 is 15.9 Å². The summed E-state index contributed by atoms with van der Waals surface area (Å²) in [6, 6.07) is 7.70. The first-order valence-electron chi connectivity index (χ1n) is 7.79. The number of halogens is 1. The summed E-state index contributed by atoms with van der Waals surface area (Å²) in [6.07, 6.45) is 4.58. The zero-order valence-electron chi connectivity index (χ0n) is 13.2. The number of piperidine rings is 1. The fraction of sp³-hybridized carbons (Fsp3) is 0.353. The molecule has 2 aromatic rings. The molecule has 2 heterocycles. The average Bonchev–Trinajstić information content (AvgIpc) is 3.05. The van der Waals surface area contributed by atoms with E-state index in [-0.39, 0.29) is 18.5 Å². The van der Waals surface area contributed by atoms with Crippen LogP contribution in [0.2, 0.25) is 0 Å². The Balaban J connectivity index is 1.80. The Morgan fingerprint density at radius 2 is 1.96 bits per heavy atom. The summed E-state index contributed by atoms with van der Waals surface area (Å²) in [5.74, 6) is -1.57. The van der Waals surface area contributed by atoms with E-state index in [9.17, 15) is 14.7 Å². The van der Waals surface area contributed by atoms with Crippen LogP contribution in [0.4, 0.5) is 0 Å². The minimum absolute atomic E-state index is 0.0194. The Kier molecular flexibility index (Phi) is 4.71. The minimum atomic E-state index is -0.847. The zero-order valence-corrected chi connectivity index (χ0v) is 14.8. The molecule has 0 aliphatic carbocycles. The molecular formula is C17H18BrN3O3. The molecular weight excluding hydrogens is 374 g/mol. The Morgan fingerprint density at radius 3 is 2.62 bits per heavy atom. The van der Waals surface area contributed by atoms with Crippen molar-refractivity contribution in [1.29, 1.82) is 0 Å². The summed E-state index contributed by atoms with van der Waals surface area (Å²) < 4.78 is 2.76. The molecule has 1 fully saturated rings. The second-order valence-electron chi connectivity index (χ2n) is 6.06. The number of amides is 1. The van der Waals surface area contributed by atoms with Gasteiger partial charge in [0, 0.05) is 28.9 Å². The number of hydrogen-bond donors (Lipinski definition) is 1. The molecule has 24 heavy (non-hydrogen) atoms. The van der Waals surface area contributed by atoms with E-state index in [1.807, 2.05) is 31.2 Å². The molecule has 1 saturated heterocycles. The molecule has 1 aromatic heterocycles. The van der Waals surface area contributed by atoms with Crippen molar-refractivity contribution in [3.63, 3.8) is 0 Å². The quantitative estimate of drug-likeness (QED) is 0.872. The van der Waals surface area contributed by atoms with E-state index in [4.69, 9.17) is 0 Å². The summed E-state index contributed by atoms with van der Waals surface area (Å²) >= 11 is 3.39. The van der Waals surface area contributed by atoms with E-state index in [1.54, 1.807) is 22.0 Å². The second kappa shape index (κ2) is 6.76. The van der Waals surface area contributed by atoms with Crippen LogP contribution in [0.1, 0.15) is 30.3 Å². The number of rotatable bonds is 3. The molecule has 3 rings (SSSR count). The number of carboxylic acid groups (broad SMARTS) is 1. The van der Waals surface area contributed by atoms with Gasteiger partial charge >= 0.3 is 5.97 Å². The van der Waals surface area contributed by atoms with E-state index in [2.05, 4.69) is 20.9 Å². The summed E-state index contributed by atoms with van der Waals surface area (Å²) in [6.45, 7) is 2.18. The van der Waals surface area contributed by atoms with Crippen molar-refractivity contribution in [2.24, 2.45) is 5.92 Å². The number of likely N-dealkylation sites (tertiary alicyclic amines) is 1. The van der Waals surface area contributed by atoms with E-state index in [0.717, 1.165) is 10.2 Å². The first kappa shape index (κ1) is 16.7. The Hall–Kier alpha value is -2.15. The SMILES string of the molecule is CC1CCC(C(=O)O)CN1C(=O)c1cn(-c2ccc(Br)cc2)cn1. The lowest BCUT2D eigenvalue weighted by molar-refractivity contribution is -0.143. The molecule has 1 amide bonds. The number of carbonyl (C=O) groups excluding carboxylic acids is 1. The lowest BCUT2D eigenvalue weighted by atomic mass is 9.93. The van der Waals surface area contributed by atoms with Gasteiger partial charge in [-0.05, 0) is 44.0 Å². The van der Waals surface area contributed by atoms with Gasteiger partial charge in [-0.15, -0.1) is 0 Å². The monoisotopic (exact) mass is 391 g/mol. The van der Waals surface area contributed by atoms with Gasteiger partial charge in [0.1, 0.15) is 12.0 Å². The van der Waals surface area contributed by atoms with Gasteiger partial charge in [0.2, 0.25) is 0 Å². The van der Waals surface area contributed by atoms with Crippen molar-refractivity contribution in [2.75, 3.05) is 6.54 Å². The lowest BCUT2D eigenvalue weighted by Gasteiger charge is -2.36. The summed E-state index contributed by atoms with van der Waals surface area (Å²) in [7, 11) is 0. The Morgan fingerprint density at radius 1 is 1.25 bits per heavy atom. The summed E-state index contributed by atoms with van der Waals surface area (Å²) in [5.41, 5.74) is 1.23. The lowest BCUT2D eigenvalue weighted by Crippen LogP contribution is -2.47. The number of aromatic nitrogens is 2. The maximum absolute atomic E-state index is 12.7. The van der Waals surface area contributed by atoms with Gasteiger partial charge in [-0.2, -0.15) is 0 Å². The maximum Gasteiger partial charge on any atom is 0.308 e. The highest BCUT2D eigenvalue weighted by Crippen LogP contribution is 2.24. The van der Waals surface area contributed by atoms with Crippen molar-refractivity contribution < 1.29 is 14.7 Å². The highest BCUT2D eigenvalue weighted by molar-refractivity contribution is 9.10. The van der Waals surface area contributed by atoms with Crippen LogP contribution in [0.5, 0.6) is 0 Å². The van der Waals surface area contributed by atoms with Gasteiger partial charge in [-0.1, -0.05) is 15.9 Å². The Bertz CT molecular complexity index is 757. The second-order valence-corrected chi connectivity index (χ2v) is 6.98.